The Balaban J connectivity index is 2.01. The molecule has 2 heterocycles. The van der Waals surface area contributed by atoms with Crippen molar-refractivity contribution in [3.05, 3.63) is 46.9 Å². The van der Waals surface area contributed by atoms with E-state index in [9.17, 15) is 4.79 Å². The zero-order valence-electron chi connectivity index (χ0n) is 9.11. The molecule has 0 aromatic carbocycles. The average molecular weight is 252 g/mol. The van der Waals surface area contributed by atoms with E-state index < -0.39 is 0 Å². The fourth-order valence-corrected chi connectivity index (χ4v) is 1.49. The number of nitrogens with zero attached hydrogens (tertiary/aromatic N) is 2. The SMILES string of the molecule is Cc1cnc(CNC(=O)c2cccnc2Cl)o1. The van der Waals surface area contributed by atoms with Gasteiger partial charge in [0.15, 0.2) is 0 Å². The van der Waals surface area contributed by atoms with Crippen molar-refractivity contribution in [2.75, 3.05) is 0 Å². The van der Waals surface area contributed by atoms with Gasteiger partial charge in [-0.05, 0) is 19.1 Å². The van der Waals surface area contributed by atoms with Gasteiger partial charge in [-0.1, -0.05) is 11.6 Å². The Bertz CT molecular complexity index is 539. The molecule has 2 rings (SSSR count). The summed E-state index contributed by atoms with van der Waals surface area (Å²) in [5.74, 6) is 0.850. The summed E-state index contributed by atoms with van der Waals surface area (Å²) < 4.78 is 5.23. The van der Waals surface area contributed by atoms with Crippen molar-refractivity contribution < 1.29 is 9.21 Å². The highest BCUT2D eigenvalue weighted by molar-refractivity contribution is 6.32. The Labute approximate surface area is 103 Å². The molecule has 0 unspecified atom stereocenters. The Morgan fingerprint density at radius 2 is 2.35 bits per heavy atom. The van der Waals surface area contributed by atoms with E-state index in [0.717, 1.165) is 0 Å². The lowest BCUT2D eigenvalue weighted by Crippen LogP contribution is -2.23. The molecular weight excluding hydrogens is 242 g/mol. The third kappa shape index (κ3) is 2.82. The summed E-state index contributed by atoms with van der Waals surface area (Å²) >= 11 is 5.79. The summed E-state index contributed by atoms with van der Waals surface area (Å²) in [5, 5.41) is 2.82. The molecule has 0 radical (unpaired) electrons. The highest BCUT2D eigenvalue weighted by Crippen LogP contribution is 2.11. The number of rotatable bonds is 3. The second-order valence-electron chi connectivity index (χ2n) is 3.39. The van der Waals surface area contributed by atoms with Crippen LogP contribution in [0.25, 0.3) is 0 Å². The van der Waals surface area contributed by atoms with E-state index in [-0.39, 0.29) is 17.6 Å². The van der Waals surface area contributed by atoms with Gasteiger partial charge in [0.1, 0.15) is 10.9 Å². The number of oxazole rings is 1. The molecular formula is C11H10ClN3O2. The van der Waals surface area contributed by atoms with Crippen LogP contribution in [0.5, 0.6) is 0 Å². The number of pyridine rings is 1. The lowest BCUT2D eigenvalue weighted by molar-refractivity contribution is 0.0947. The number of aromatic nitrogens is 2. The minimum absolute atomic E-state index is 0.175. The molecule has 0 saturated heterocycles. The Hall–Kier alpha value is -1.88. The molecule has 0 aliphatic heterocycles. The van der Waals surface area contributed by atoms with Gasteiger partial charge in [-0.3, -0.25) is 4.79 Å². The Morgan fingerprint density at radius 3 is 3.00 bits per heavy atom. The van der Waals surface area contributed by atoms with Crippen LogP contribution in [0.3, 0.4) is 0 Å². The van der Waals surface area contributed by atoms with E-state index in [4.69, 9.17) is 16.0 Å². The van der Waals surface area contributed by atoms with Crippen LogP contribution >= 0.6 is 11.6 Å². The topological polar surface area (TPSA) is 68.0 Å². The monoisotopic (exact) mass is 251 g/mol. The molecule has 5 nitrogen and oxygen atoms in total. The summed E-state index contributed by atoms with van der Waals surface area (Å²) in [6.45, 7) is 2.01. The van der Waals surface area contributed by atoms with Crippen molar-refractivity contribution in [1.82, 2.24) is 15.3 Å². The fourth-order valence-electron chi connectivity index (χ4n) is 1.29. The van der Waals surface area contributed by atoms with Gasteiger partial charge in [0.25, 0.3) is 5.91 Å². The van der Waals surface area contributed by atoms with Crippen LogP contribution in [0.2, 0.25) is 5.15 Å². The van der Waals surface area contributed by atoms with Crippen molar-refractivity contribution in [1.29, 1.82) is 0 Å². The van der Waals surface area contributed by atoms with E-state index in [1.165, 1.54) is 6.20 Å². The number of amides is 1. The second-order valence-corrected chi connectivity index (χ2v) is 3.75. The standard InChI is InChI=1S/C11H10ClN3O2/c1-7-5-14-9(17-7)6-15-11(16)8-3-2-4-13-10(8)12/h2-5H,6H2,1H3,(H,15,16). The molecule has 0 fully saturated rings. The molecule has 2 aromatic heterocycles. The largest absolute Gasteiger partial charge is 0.444 e. The predicted octanol–water partition coefficient (Wildman–Crippen LogP) is 1.96. The van der Waals surface area contributed by atoms with E-state index in [2.05, 4.69) is 15.3 Å². The minimum Gasteiger partial charge on any atom is -0.444 e. The maximum Gasteiger partial charge on any atom is 0.254 e. The number of halogens is 1. The first-order valence-electron chi connectivity index (χ1n) is 4.97. The first-order chi connectivity index (χ1) is 8.16. The molecule has 1 amide bonds. The van der Waals surface area contributed by atoms with Gasteiger partial charge in [0.05, 0.1) is 18.3 Å². The van der Waals surface area contributed by atoms with Crippen LogP contribution in [0.15, 0.2) is 28.9 Å². The van der Waals surface area contributed by atoms with E-state index >= 15 is 0 Å². The zero-order valence-corrected chi connectivity index (χ0v) is 9.86. The van der Waals surface area contributed by atoms with E-state index in [0.29, 0.717) is 17.2 Å². The fraction of sp³-hybridized carbons (Fsp3) is 0.182. The Kier molecular flexibility index (Phi) is 3.39. The van der Waals surface area contributed by atoms with Gasteiger partial charge in [0.2, 0.25) is 5.89 Å². The van der Waals surface area contributed by atoms with Gasteiger partial charge < -0.3 is 9.73 Å². The minimum atomic E-state index is -0.307. The first-order valence-corrected chi connectivity index (χ1v) is 5.34. The highest BCUT2D eigenvalue weighted by atomic mass is 35.5. The van der Waals surface area contributed by atoms with Gasteiger partial charge in [-0.25, -0.2) is 9.97 Å². The average Bonchev–Trinajstić information content (AvgIpc) is 2.73. The number of hydrogen-bond acceptors (Lipinski definition) is 4. The lowest BCUT2D eigenvalue weighted by Gasteiger charge is -2.03. The van der Waals surface area contributed by atoms with E-state index in [1.54, 1.807) is 25.3 Å². The molecule has 0 saturated carbocycles. The molecule has 0 aliphatic rings. The number of nitrogens with one attached hydrogen (secondary N) is 1. The van der Waals surface area contributed by atoms with Crippen molar-refractivity contribution in [2.24, 2.45) is 0 Å². The summed E-state index contributed by atoms with van der Waals surface area (Å²) in [6.07, 6.45) is 3.12. The van der Waals surface area contributed by atoms with Crippen molar-refractivity contribution >= 4 is 17.5 Å². The number of hydrogen-bond donors (Lipinski definition) is 1. The van der Waals surface area contributed by atoms with Gasteiger partial charge in [-0.2, -0.15) is 0 Å². The number of aryl methyl sites for hydroxylation is 1. The summed E-state index contributed by atoms with van der Waals surface area (Å²) in [4.78, 5) is 19.5. The maximum atomic E-state index is 11.7. The summed E-state index contributed by atoms with van der Waals surface area (Å²) in [5.41, 5.74) is 0.331. The quantitative estimate of drug-likeness (QED) is 0.847. The van der Waals surface area contributed by atoms with Crippen LogP contribution in [-0.2, 0) is 6.54 Å². The molecule has 0 aliphatic carbocycles. The summed E-state index contributed by atoms with van der Waals surface area (Å²) in [7, 11) is 0. The molecule has 0 atom stereocenters. The molecule has 88 valence electrons. The summed E-state index contributed by atoms with van der Waals surface area (Å²) in [6, 6.07) is 3.25. The normalized spacial score (nSPS) is 10.2. The van der Waals surface area contributed by atoms with Crippen LogP contribution in [0.1, 0.15) is 22.0 Å². The highest BCUT2D eigenvalue weighted by Gasteiger charge is 2.11. The van der Waals surface area contributed by atoms with Crippen LogP contribution < -0.4 is 5.32 Å². The molecule has 1 N–H and O–H groups in total. The smallest absolute Gasteiger partial charge is 0.254 e. The first kappa shape index (κ1) is 11.6. The lowest BCUT2D eigenvalue weighted by atomic mass is 10.2. The van der Waals surface area contributed by atoms with Crippen LogP contribution in [0, 0.1) is 6.92 Å². The van der Waals surface area contributed by atoms with Crippen molar-refractivity contribution in [2.45, 2.75) is 13.5 Å². The van der Waals surface area contributed by atoms with Gasteiger partial charge in [0, 0.05) is 6.20 Å². The third-order valence-electron chi connectivity index (χ3n) is 2.07. The third-order valence-corrected chi connectivity index (χ3v) is 2.37. The van der Waals surface area contributed by atoms with Gasteiger partial charge >= 0.3 is 0 Å². The molecule has 0 bridgehead atoms. The van der Waals surface area contributed by atoms with Crippen LogP contribution in [0.4, 0.5) is 0 Å². The molecule has 2 aromatic rings. The molecule has 6 heteroatoms. The predicted molar refractivity (Wildman–Crippen MR) is 61.7 cm³/mol. The van der Waals surface area contributed by atoms with Crippen LogP contribution in [-0.4, -0.2) is 15.9 Å². The zero-order chi connectivity index (χ0) is 12.3. The molecule has 17 heavy (non-hydrogen) atoms. The van der Waals surface area contributed by atoms with Gasteiger partial charge in [-0.15, -0.1) is 0 Å². The molecule has 0 spiro atoms. The van der Waals surface area contributed by atoms with E-state index in [1.807, 2.05) is 0 Å². The number of carbonyl (C=O) groups excluding carboxylic acids is 1. The maximum absolute atomic E-state index is 11.7. The second kappa shape index (κ2) is 4.97. The Morgan fingerprint density at radius 1 is 1.53 bits per heavy atom. The van der Waals surface area contributed by atoms with Crippen molar-refractivity contribution in [3.63, 3.8) is 0 Å². The number of carbonyl (C=O) groups is 1. The van der Waals surface area contributed by atoms with Crippen molar-refractivity contribution in [3.8, 4) is 0 Å².